The Morgan fingerprint density at radius 2 is 1.81 bits per heavy atom. The molecule has 8 nitrogen and oxygen atoms in total. The Balaban J connectivity index is 1.62. The Hall–Kier alpha value is -3.81. The van der Waals surface area contributed by atoms with Crippen molar-refractivity contribution in [3.05, 3.63) is 70.9 Å². The Bertz CT molecular complexity index is 1160. The highest BCUT2D eigenvalue weighted by Crippen LogP contribution is 2.45. The SMILES string of the molecule is COc1ccc([C@H]2Nc3nonc3NC3=C2C(=O)C[C@@H](c2ccccc2)C3)c(OC)c1. The monoisotopic (exact) mass is 418 g/mol. The third-order valence-corrected chi connectivity index (χ3v) is 5.86. The van der Waals surface area contributed by atoms with Gasteiger partial charge in [0, 0.05) is 29.3 Å². The number of methoxy groups -OCH3 is 2. The summed E-state index contributed by atoms with van der Waals surface area (Å²) < 4.78 is 15.9. The van der Waals surface area contributed by atoms with Crippen molar-refractivity contribution in [2.24, 2.45) is 0 Å². The van der Waals surface area contributed by atoms with E-state index in [9.17, 15) is 4.79 Å². The molecule has 0 amide bonds. The molecule has 3 aromatic rings. The van der Waals surface area contributed by atoms with Crippen molar-refractivity contribution in [2.45, 2.75) is 24.8 Å². The van der Waals surface area contributed by atoms with Gasteiger partial charge in [0.05, 0.1) is 20.3 Å². The zero-order chi connectivity index (χ0) is 21.4. The maximum Gasteiger partial charge on any atom is 0.219 e. The van der Waals surface area contributed by atoms with E-state index >= 15 is 0 Å². The second-order valence-corrected chi connectivity index (χ2v) is 7.60. The Morgan fingerprint density at radius 3 is 2.58 bits per heavy atom. The van der Waals surface area contributed by atoms with Crippen molar-refractivity contribution in [3.63, 3.8) is 0 Å². The summed E-state index contributed by atoms with van der Waals surface area (Å²) in [5.41, 5.74) is 3.42. The van der Waals surface area contributed by atoms with E-state index in [1.54, 1.807) is 20.3 Å². The molecule has 2 N–H and O–H groups in total. The number of anilines is 2. The van der Waals surface area contributed by atoms with Crippen LogP contribution in [-0.4, -0.2) is 30.3 Å². The Labute approximate surface area is 179 Å². The quantitative estimate of drug-likeness (QED) is 0.654. The van der Waals surface area contributed by atoms with E-state index in [1.165, 1.54) is 0 Å². The van der Waals surface area contributed by atoms with Crippen molar-refractivity contribution >= 4 is 17.4 Å². The molecule has 5 rings (SSSR count). The second kappa shape index (κ2) is 7.79. The van der Waals surface area contributed by atoms with Gasteiger partial charge in [-0.15, -0.1) is 0 Å². The van der Waals surface area contributed by atoms with Gasteiger partial charge in [-0.2, -0.15) is 0 Å². The van der Waals surface area contributed by atoms with Crippen molar-refractivity contribution in [1.82, 2.24) is 10.3 Å². The molecule has 0 saturated heterocycles. The van der Waals surface area contributed by atoms with Crippen molar-refractivity contribution < 1.29 is 18.9 Å². The minimum atomic E-state index is -0.472. The number of hydrogen-bond donors (Lipinski definition) is 2. The number of carbonyl (C=O) groups excluding carboxylic acids is 1. The van der Waals surface area contributed by atoms with E-state index in [0.29, 0.717) is 41.5 Å². The van der Waals surface area contributed by atoms with Gasteiger partial charge in [0.1, 0.15) is 11.5 Å². The number of allylic oxidation sites excluding steroid dienone is 1. The highest BCUT2D eigenvalue weighted by atomic mass is 16.6. The average molecular weight is 418 g/mol. The number of ether oxygens (including phenoxy) is 2. The van der Waals surface area contributed by atoms with Gasteiger partial charge in [-0.05, 0) is 40.3 Å². The lowest BCUT2D eigenvalue weighted by molar-refractivity contribution is -0.116. The number of rotatable bonds is 4. The maximum atomic E-state index is 13.5. The van der Waals surface area contributed by atoms with Crippen LogP contribution in [0.15, 0.2) is 64.4 Å². The standard InChI is InChI=1S/C23H22N4O4/c1-29-15-8-9-16(19(12-15)30-2)21-20-17(24-22-23(25-21)27-31-26-22)10-14(11-18(20)28)13-6-4-3-5-7-13/h3-9,12,14,21H,10-11H2,1-2H3,(H,24,26)(H,25,27)/t14-,21+/m0/s1. The number of fused-ring (bicyclic) bond motifs is 1. The molecule has 2 aliphatic rings. The van der Waals surface area contributed by atoms with Crippen LogP contribution in [0.5, 0.6) is 11.5 Å². The molecule has 1 aromatic heterocycles. The van der Waals surface area contributed by atoms with Crippen LogP contribution in [0.3, 0.4) is 0 Å². The highest BCUT2D eigenvalue weighted by molar-refractivity contribution is 6.01. The van der Waals surface area contributed by atoms with Gasteiger partial charge < -0.3 is 20.1 Å². The number of benzene rings is 2. The predicted molar refractivity (Wildman–Crippen MR) is 114 cm³/mol. The van der Waals surface area contributed by atoms with E-state index in [4.69, 9.17) is 14.1 Å². The van der Waals surface area contributed by atoms with E-state index in [2.05, 4.69) is 33.1 Å². The second-order valence-electron chi connectivity index (χ2n) is 7.60. The summed E-state index contributed by atoms with van der Waals surface area (Å²) in [7, 11) is 3.20. The number of aromatic nitrogens is 2. The zero-order valence-corrected chi connectivity index (χ0v) is 17.2. The van der Waals surface area contributed by atoms with Crippen LogP contribution in [0, 0.1) is 0 Å². The first-order valence-corrected chi connectivity index (χ1v) is 10.1. The van der Waals surface area contributed by atoms with Crippen molar-refractivity contribution in [1.29, 1.82) is 0 Å². The third-order valence-electron chi connectivity index (χ3n) is 5.86. The van der Waals surface area contributed by atoms with Gasteiger partial charge in [-0.25, -0.2) is 4.63 Å². The number of hydrogen-bond acceptors (Lipinski definition) is 8. The summed E-state index contributed by atoms with van der Waals surface area (Å²) in [5, 5.41) is 14.6. The van der Waals surface area contributed by atoms with Crippen LogP contribution >= 0.6 is 0 Å². The minimum absolute atomic E-state index is 0.0695. The summed E-state index contributed by atoms with van der Waals surface area (Å²) in [6.07, 6.45) is 1.10. The van der Waals surface area contributed by atoms with Gasteiger partial charge in [0.25, 0.3) is 0 Å². The van der Waals surface area contributed by atoms with Gasteiger partial charge in [-0.1, -0.05) is 30.3 Å². The fourth-order valence-corrected chi connectivity index (χ4v) is 4.35. The summed E-state index contributed by atoms with van der Waals surface area (Å²) in [6.45, 7) is 0. The Morgan fingerprint density at radius 1 is 1.00 bits per heavy atom. The lowest BCUT2D eigenvalue weighted by Gasteiger charge is -2.30. The molecule has 2 aromatic carbocycles. The lowest BCUT2D eigenvalue weighted by atomic mass is 9.78. The topological polar surface area (TPSA) is 98.5 Å². The first-order chi connectivity index (χ1) is 15.2. The summed E-state index contributed by atoms with van der Waals surface area (Å²) in [6, 6.07) is 15.2. The maximum absolute atomic E-state index is 13.5. The van der Waals surface area contributed by atoms with Crippen LogP contribution in [-0.2, 0) is 4.79 Å². The number of nitrogens with zero attached hydrogens (tertiary/aromatic N) is 2. The molecule has 8 heteroatoms. The van der Waals surface area contributed by atoms with E-state index in [1.807, 2.05) is 30.3 Å². The zero-order valence-electron chi connectivity index (χ0n) is 17.2. The van der Waals surface area contributed by atoms with Gasteiger partial charge in [0.2, 0.25) is 11.6 Å². The third kappa shape index (κ3) is 3.39. The molecule has 2 heterocycles. The number of carbonyl (C=O) groups is 1. The molecule has 158 valence electrons. The van der Waals surface area contributed by atoms with Crippen LogP contribution in [0.4, 0.5) is 11.6 Å². The molecule has 31 heavy (non-hydrogen) atoms. The number of ketones is 1. The summed E-state index contributed by atoms with van der Waals surface area (Å²) in [5.74, 6) is 2.34. The molecular weight excluding hydrogens is 396 g/mol. The minimum Gasteiger partial charge on any atom is -0.497 e. The molecule has 0 spiro atoms. The van der Waals surface area contributed by atoms with Crippen LogP contribution < -0.4 is 20.1 Å². The lowest BCUT2D eigenvalue weighted by Crippen LogP contribution is -2.27. The molecule has 1 aliphatic heterocycles. The summed E-state index contributed by atoms with van der Waals surface area (Å²) >= 11 is 0. The van der Waals surface area contributed by atoms with E-state index in [0.717, 1.165) is 16.8 Å². The molecule has 1 aliphatic carbocycles. The fraction of sp³-hybridized carbons (Fsp3) is 0.261. The highest BCUT2D eigenvalue weighted by Gasteiger charge is 2.38. The van der Waals surface area contributed by atoms with Gasteiger partial charge in [0.15, 0.2) is 5.78 Å². The van der Waals surface area contributed by atoms with Crippen LogP contribution in [0.25, 0.3) is 0 Å². The molecular formula is C23H22N4O4. The molecule has 2 atom stereocenters. The number of nitrogens with one attached hydrogen (secondary N) is 2. The normalized spacial score (nSPS) is 20.1. The fourth-order valence-electron chi connectivity index (χ4n) is 4.35. The molecule has 0 saturated carbocycles. The molecule has 0 fully saturated rings. The van der Waals surface area contributed by atoms with E-state index in [-0.39, 0.29) is 11.7 Å². The largest absolute Gasteiger partial charge is 0.497 e. The smallest absolute Gasteiger partial charge is 0.219 e. The molecule has 0 radical (unpaired) electrons. The van der Waals surface area contributed by atoms with Crippen LogP contribution in [0.2, 0.25) is 0 Å². The summed E-state index contributed by atoms with van der Waals surface area (Å²) in [4.78, 5) is 13.5. The first-order valence-electron chi connectivity index (χ1n) is 10.1. The van der Waals surface area contributed by atoms with Crippen LogP contribution in [0.1, 0.15) is 35.9 Å². The van der Waals surface area contributed by atoms with Crippen molar-refractivity contribution in [2.75, 3.05) is 24.9 Å². The predicted octanol–water partition coefficient (Wildman–Crippen LogP) is 4.07. The van der Waals surface area contributed by atoms with Crippen molar-refractivity contribution in [3.8, 4) is 11.5 Å². The Kier molecular flexibility index (Phi) is 4.82. The molecule has 0 bridgehead atoms. The molecule has 0 unspecified atom stereocenters. The van der Waals surface area contributed by atoms with Gasteiger partial charge >= 0.3 is 0 Å². The average Bonchev–Trinajstić information content (AvgIpc) is 3.17. The van der Waals surface area contributed by atoms with Gasteiger partial charge in [-0.3, -0.25) is 4.79 Å². The van der Waals surface area contributed by atoms with E-state index < -0.39 is 6.04 Å². The number of Topliss-reactive ketones (excluding diaryl/α,β-unsaturated/α-hetero) is 1. The first kappa shape index (κ1) is 19.2.